The second-order valence-electron chi connectivity index (χ2n) is 10.3. The van der Waals surface area contributed by atoms with Crippen LogP contribution in [0.4, 0.5) is 0 Å². The van der Waals surface area contributed by atoms with Gasteiger partial charge in [0.05, 0.1) is 14.2 Å². The Hall–Kier alpha value is -1.74. The first-order chi connectivity index (χ1) is 15.1. The summed E-state index contributed by atoms with van der Waals surface area (Å²) >= 11 is 0. The van der Waals surface area contributed by atoms with E-state index in [2.05, 4.69) is 102 Å². The van der Waals surface area contributed by atoms with Crippen LogP contribution in [0.5, 0.6) is 11.5 Å². The van der Waals surface area contributed by atoms with E-state index in [0.29, 0.717) is 0 Å². The summed E-state index contributed by atoms with van der Waals surface area (Å²) in [6.07, 6.45) is 0. The van der Waals surface area contributed by atoms with Crippen LogP contribution in [-0.4, -0.2) is 14.2 Å². The van der Waals surface area contributed by atoms with Gasteiger partial charge >= 0.3 is 0 Å². The van der Waals surface area contributed by atoms with Crippen LogP contribution in [0.2, 0.25) is 0 Å². The molecule has 3 heteroatoms. The predicted octanol–water partition coefficient (Wildman–Crippen LogP) is 8.29. The van der Waals surface area contributed by atoms with Crippen LogP contribution in [0, 0.1) is 37.7 Å². The Bertz CT molecular complexity index is 1210. The van der Waals surface area contributed by atoms with Crippen LogP contribution in [0.3, 0.4) is 0 Å². The minimum atomic E-state index is 0. The zero-order valence-electron chi connectivity index (χ0n) is 21.1. The summed E-state index contributed by atoms with van der Waals surface area (Å²) in [7, 11) is 3.44. The molecule has 0 aliphatic heterocycles. The van der Waals surface area contributed by atoms with Gasteiger partial charge in [0.1, 0.15) is 11.5 Å². The van der Waals surface area contributed by atoms with Crippen molar-refractivity contribution < 1.29 is 47.2 Å². The fraction of sp³-hybridized carbons (Fsp3) is 0.333. The SMILES string of the molecule is COc1ccc(C(C)(C)C)c2ccccc12.COc1cccc2cc(C(C)(C)C)ccc12.[Ar]. The molecule has 0 aliphatic carbocycles. The van der Waals surface area contributed by atoms with Gasteiger partial charge in [-0.3, -0.25) is 0 Å². The fourth-order valence-corrected chi connectivity index (χ4v) is 4.00. The first kappa shape index (κ1) is 27.5. The molecule has 0 unspecified atom stereocenters. The molecular weight excluding hydrogens is 432 g/mol. The van der Waals surface area contributed by atoms with Crippen molar-refractivity contribution >= 4 is 21.5 Å². The zero-order valence-corrected chi connectivity index (χ0v) is 21.8. The molecule has 2 nitrogen and oxygen atoms in total. The molecule has 4 aromatic rings. The van der Waals surface area contributed by atoms with Crippen LogP contribution < -0.4 is 9.47 Å². The molecule has 0 aromatic heterocycles. The van der Waals surface area contributed by atoms with E-state index < -0.39 is 0 Å². The Morgan fingerprint density at radius 1 is 0.545 bits per heavy atom. The number of benzene rings is 4. The maximum atomic E-state index is 5.40. The van der Waals surface area contributed by atoms with Crippen molar-refractivity contribution in [1.29, 1.82) is 0 Å². The topological polar surface area (TPSA) is 18.5 Å². The van der Waals surface area contributed by atoms with Gasteiger partial charge in [0.2, 0.25) is 0 Å². The molecule has 0 aliphatic rings. The molecule has 0 N–H and O–H groups in total. The first-order valence-electron chi connectivity index (χ1n) is 11.2. The van der Waals surface area contributed by atoms with Crippen LogP contribution in [0.1, 0.15) is 52.7 Å². The van der Waals surface area contributed by atoms with E-state index in [1.165, 1.54) is 32.7 Å². The normalized spacial score (nSPS) is 11.4. The van der Waals surface area contributed by atoms with Crippen molar-refractivity contribution in [3.8, 4) is 11.5 Å². The maximum absolute atomic E-state index is 5.40. The molecule has 0 bridgehead atoms. The van der Waals surface area contributed by atoms with Crippen molar-refractivity contribution in [1.82, 2.24) is 0 Å². The molecule has 0 heterocycles. The molecule has 0 atom stereocenters. The third-order valence-electron chi connectivity index (χ3n) is 5.84. The Labute approximate surface area is 229 Å². The summed E-state index contributed by atoms with van der Waals surface area (Å²) in [5, 5.41) is 4.90. The van der Waals surface area contributed by atoms with Gasteiger partial charge in [-0.2, -0.15) is 0 Å². The maximum Gasteiger partial charge on any atom is 0.126 e. The number of hydrogen-bond acceptors (Lipinski definition) is 2. The van der Waals surface area contributed by atoms with Gasteiger partial charge in [-0.25, -0.2) is 0 Å². The first-order valence-corrected chi connectivity index (χ1v) is 11.2. The van der Waals surface area contributed by atoms with E-state index in [0.717, 1.165) is 11.5 Å². The van der Waals surface area contributed by atoms with Gasteiger partial charge in [0.15, 0.2) is 0 Å². The van der Waals surface area contributed by atoms with Gasteiger partial charge in [-0.15, -0.1) is 0 Å². The van der Waals surface area contributed by atoms with E-state index >= 15 is 0 Å². The van der Waals surface area contributed by atoms with E-state index in [-0.39, 0.29) is 48.6 Å². The Morgan fingerprint density at radius 2 is 1.15 bits per heavy atom. The fourth-order valence-electron chi connectivity index (χ4n) is 4.00. The Kier molecular flexibility index (Phi) is 9.27. The molecule has 0 saturated carbocycles. The van der Waals surface area contributed by atoms with Crippen LogP contribution in [0.15, 0.2) is 72.8 Å². The van der Waals surface area contributed by atoms with E-state index in [9.17, 15) is 0 Å². The van der Waals surface area contributed by atoms with E-state index in [1.807, 2.05) is 12.1 Å². The third kappa shape index (κ3) is 6.44. The van der Waals surface area contributed by atoms with Crippen molar-refractivity contribution in [2.24, 2.45) is 0 Å². The number of ether oxygens (including phenoxy) is 2. The van der Waals surface area contributed by atoms with E-state index in [1.54, 1.807) is 14.2 Å². The summed E-state index contributed by atoms with van der Waals surface area (Å²) in [6.45, 7) is 13.4. The summed E-state index contributed by atoms with van der Waals surface area (Å²) in [5.74, 6) is 1.89. The number of hydrogen-bond donors (Lipinski definition) is 0. The van der Waals surface area contributed by atoms with Crippen LogP contribution in [-0.2, 0) is 10.8 Å². The average molecular weight is 469 g/mol. The Morgan fingerprint density at radius 3 is 1.73 bits per heavy atom. The predicted molar refractivity (Wildman–Crippen MR) is 138 cm³/mol. The monoisotopic (exact) mass is 468 g/mol. The minimum absolute atomic E-state index is 0. The molecule has 33 heavy (non-hydrogen) atoms. The molecular formula is C30H36ArO2. The number of methoxy groups -OCH3 is 2. The van der Waals surface area contributed by atoms with Crippen LogP contribution in [0.25, 0.3) is 21.5 Å². The second-order valence-corrected chi connectivity index (χ2v) is 10.3. The van der Waals surface area contributed by atoms with E-state index in [4.69, 9.17) is 9.47 Å². The Balaban J connectivity index is 0.000000227. The molecule has 4 aromatic carbocycles. The zero-order chi connectivity index (χ0) is 23.5. The van der Waals surface area contributed by atoms with Gasteiger partial charge in [-0.1, -0.05) is 102 Å². The molecule has 0 radical (unpaired) electrons. The molecule has 0 spiro atoms. The average Bonchev–Trinajstić information content (AvgIpc) is 2.76. The van der Waals surface area contributed by atoms with Crippen molar-refractivity contribution in [2.45, 2.75) is 52.4 Å². The molecule has 0 saturated heterocycles. The summed E-state index contributed by atoms with van der Waals surface area (Å²) in [4.78, 5) is 0. The summed E-state index contributed by atoms with van der Waals surface area (Å²) < 4.78 is 10.7. The molecule has 176 valence electrons. The van der Waals surface area contributed by atoms with Crippen molar-refractivity contribution in [2.75, 3.05) is 14.2 Å². The van der Waals surface area contributed by atoms with Crippen molar-refractivity contribution in [3.63, 3.8) is 0 Å². The molecule has 4 rings (SSSR count). The van der Waals surface area contributed by atoms with Gasteiger partial charge < -0.3 is 9.47 Å². The minimum Gasteiger partial charge on any atom is -0.496 e. The summed E-state index contributed by atoms with van der Waals surface area (Å²) in [6, 6.07) is 25.4. The standard InChI is InChI=1S/2C15H18O.Ar/c1-15(2,3)12-8-9-13-11(10-12)6-5-7-14(13)16-4;1-15(2,3)13-9-10-14(16-4)12-8-6-5-7-11(12)13;/h2*5-10H,1-4H3;. The smallest absolute Gasteiger partial charge is 0.126 e. The van der Waals surface area contributed by atoms with Crippen molar-refractivity contribution in [3.05, 3.63) is 83.9 Å². The second kappa shape index (κ2) is 11.1. The number of fused-ring (bicyclic) bond motifs is 2. The third-order valence-corrected chi connectivity index (χ3v) is 5.84. The largest absolute Gasteiger partial charge is 0.496 e. The van der Waals surface area contributed by atoms with Gasteiger partial charge in [0.25, 0.3) is 0 Å². The summed E-state index contributed by atoms with van der Waals surface area (Å²) in [5.41, 5.74) is 3.07. The number of rotatable bonds is 2. The molecule has 0 fully saturated rings. The van der Waals surface area contributed by atoms with Crippen LogP contribution >= 0.6 is 0 Å². The van der Waals surface area contributed by atoms with Gasteiger partial charge in [-0.05, 0) is 44.9 Å². The molecule has 0 amide bonds. The van der Waals surface area contributed by atoms with Gasteiger partial charge in [0, 0.05) is 48.5 Å². The quantitative estimate of drug-likeness (QED) is 0.295.